The van der Waals surface area contributed by atoms with E-state index in [1.54, 1.807) is 29.8 Å². The molecule has 6 heteroatoms. The zero-order valence-corrected chi connectivity index (χ0v) is 11.4. The van der Waals surface area contributed by atoms with Gasteiger partial charge < -0.3 is 4.74 Å². The Labute approximate surface area is 111 Å². The normalized spacial score (nSPS) is 12.8. The molecule has 19 heavy (non-hydrogen) atoms. The molecule has 0 amide bonds. The summed E-state index contributed by atoms with van der Waals surface area (Å²) in [4.78, 5) is 12.1. The summed E-state index contributed by atoms with van der Waals surface area (Å²) in [5.74, 6) is 0.203. The number of aromatic nitrogens is 4. The molecule has 0 aromatic carbocycles. The summed E-state index contributed by atoms with van der Waals surface area (Å²) in [6.07, 6.45) is 2.31. The first-order chi connectivity index (χ1) is 9.13. The second-order valence-corrected chi connectivity index (χ2v) is 4.79. The van der Waals surface area contributed by atoms with Crippen molar-refractivity contribution < 1.29 is 9.53 Å². The van der Waals surface area contributed by atoms with Gasteiger partial charge >= 0.3 is 5.97 Å². The molecule has 2 rings (SSSR count). The number of rotatable bonds is 5. The quantitative estimate of drug-likeness (QED) is 0.769. The Morgan fingerprint density at radius 3 is 2.89 bits per heavy atom. The zero-order chi connectivity index (χ0) is 13.8. The van der Waals surface area contributed by atoms with E-state index < -0.39 is 5.92 Å². The van der Waals surface area contributed by atoms with Crippen molar-refractivity contribution in [1.82, 2.24) is 19.8 Å². The van der Waals surface area contributed by atoms with Crippen molar-refractivity contribution in [3.8, 4) is 0 Å². The number of carbonyl (C=O) groups is 1. The van der Waals surface area contributed by atoms with E-state index in [0.717, 1.165) is 0 Å². The van der Waals surface area contributed by atoms with Crippen LogP contribution in [0.5, 0.6) is 0 Å². The van der Waals surface area contributed by atoms with Crippen LogP contribution in [-0.4, -0.2) is 32.4 Å². The highest BCUT2D eigenvalue weighted by Gasteiger charge is 2.28. The molecule has 1 atom stereocenters. The number of hydrogen-bond donors (Lipinski definition) is 0. The lowest BCUT2D eigenvalue weighted by Crippen LogP contribution is -2.20. The minimum Gasteiger partial charge on any atom is -0.465 e. The second kappa shape index (κ2) is 5.77. The molecule has 0 N–H and O–H groups in total. The highest BCUT2D eigenvalue weighted by Crippen LogP contribution is 2.23. The minimum atomic E-state index is -0.426. The van der Waals surface area contributed by atoms with Gasteiger partial charge in [-0.3, -0.25) is 4.79 Å². The summed E-state index contributed by atoms with van der Waals surface area (Å²) >= 11 is 0. The summed E-state index contributed by atoms with van der Waals surface area (Å²) < 4.78 is 6.73. The van der Waals surface area contributed by atoms with E-state index in [9.17, 15) is 4.79 Å². The van der Waals surface area contributed by atoms with E-state index in [-0.39, 0.29) is 5.97 Å². The number of nitrogens with zero attached hydrogens (tertiary/aromatic N) is 4. The molecule has 102 valence electrons. The Bertz CT molecular complexity index is 565. The number of esters is 1. The average Bonchev–Trinajstić information content (AvgIpc) is 2.79. The van der Waals surface area contributed by atoms with Gasteiger partial charge in [-0.25, -0.2) is 0 Å². The molecule has 0 bridgehead atoms. The van der Waals surface area contributed by atoms with Crippen LogP contribution in [0.25, 0.3) is 5.65 Å². The van der Waals surface area contributed by atoms with E-state index in [4.69, 9.17) is 4.74 Å². The molecular weight excluding hydrogens is 244 g/mol. The molecule has 0 fully saturated rings. The molecule has 0 aliphatic carbocycles. The molecule has 2 aromatic heterocycles. The summed E-state index contributed by atoms with van der Waals surface area (Å²) in [6, 6.07) is 3.59. The number of hydrogen-bond acceptors (Lipinski definition) is 5. The van der Waals surface area contributed by atoms with Gasteiger partial charge in [0.05, 0.1) is 6.61 Å². The van der Waals surface area contributed by atoms with Crippen LogP contribution >= 0.6 is 0 Å². The Morgan fingerprint density at radius 1 is 1.42 bits per heavy atom. The van der Waals surface area contributed by atoms with E-state index in [0.29, 0.717) is 30.4 Å². The number of carbonyl (C=O) groups excluding carboxylic acids is 1. The maximum atomic E-state index is 12.1. The van der Waals surface area contributed by atoms with Crippen molar-refractivity contribution in [3.63, 3.8) is 0 Å². The fraction of sp³-hybridized carbons (Fsp3) is 0.538. The first kappa shape index (κ1) is 13.5. The molecule has 0 spiro atoms. The Hall–Kier alpha value is -1.98. The van der Waals surface area contributed by atoms with Gasteiger partial charge in [-0.1, -0.05) is 13.8 Å². The fourth-order valence-corrected chi connectivity index (χ4v) is 2.00. The maximum Gasteiger partial charge on any atom is 0.316 e. The van der Waals surface area contributed by atoms with Crippen molar-refractivity contribution in [2.24, 2.45) is 5.92 Å². The van der Waals surface area contributed by atoms with E-state index >= 15 is 0 Å². The van der Waals surface area contributed by atoms with Gasteiger partial charge in [0.15, 0.2) is 11.5 Å². The predicted molar refractivity (Wildman–Crippen MR) is 69.6 cm³/mol. The van der Waals surface area contributed by atoms with Gasteiger partial charge in [-0.2, -0.15) is 9.61 Å². The molecule has 0 saturated carbocycles. The van der Waals surface area contributed by atoms with Crippen molar-refractivity contribution in [3.05, 3.63) is 24.2 Å². The van der Waals surface area contributed by atoms with Gasteiger partial charge in [0.25, 0.3) is 0 Å². The van der Waals surface area contributed by atoms with Gasteiger partial charge in [0.1, 0.15) is 5.92 Å². The highest BCUT2D eigenvalue weighted by molar-refractivity contribution is 5.77. The smallest absolute Gasteiger partial charge is 0.316 e. The third kappa shape index (κ3) is 2.89. The largest absolute Gasteiger partial charge is 0.465 e. The Morgan fingerprint density at radius 2 is 2.21 bits per heavy atom. The molecule has 1 unspecified atom stereocenters. The lowest BCUT2D eigenvalue weighted by Gasteiger charge is -2.15. The van der Waals surface area contributed by atoms with Gasteiger partial charge in [-0.05, 0) is 31.4 Å². The Kier molecular flexibility index (Phi) is 4.09. The van der Waals surface area contributed by atoms with Crippen molar-refractivity contribution >= 4 is 11.6 Å². The van der Waals surface area contributed by atoms with Gasteiger partial charge in [0, 0.05) is 6.20 Å². The second-order valence-electron chi connectivity index (χ2n) is 4.79. The minimum absolute atomic E-state index is 0.267. The van der Waals surface area contributed by atoms with Crippen LogP contribution in [0.4, 0.5) is 0 Å². The van der Waals surface area contributed by atoms with Crippen molar-refractivity contribution in [2.45, 2.75) is 33.1 Å². The maximum absolute atomic E-state index is 12.1. The van der Waals surface area contributed by atoms with Gasteiger partial charge in [0.2, 0.25) is 0 Å². The first-order valence-corrected chi connectivity index (χ1v) is 6.46. The van der Waals surface area contributed by atoms with Crippen LogP contribution in [0.3, 0.4) is 0 Å². The van der Waals surface area contributed by atoms with E-state index in [2.05, 4.69) is 29.1 Å². The summed E-state index contributed by atoms with van der Waals surface area (Å²) in [5, 5.41) is 12.3. The topological polar surface area (TPSA) is 69.4 Å². The lowest BCUT2D eigenvalue weighted by atomic mass is 9.96. The summed E-state index contributed by atoms with van der Waals surface area (Å²) in [7, 11) is 0. The van der Waals surface area contributed by atoms with E-state index in [1.807, 2.05) is 0 Å². The number of fused-ring (bicyclic) bond motifs is 1. The molecule has 6 nitrogen and oxygen atoms in total. The molecule has 0 radical (unpaired) electrons. The van der Waals surface area contributed by atoms with Crippen LogP contribution in [0.2, 0.25) is 0 Å². The Balaban J connectivity index is 2.39. The first-order valence-electron chi connectivity index (χ1n) is 6.46. The highest BCUT2D eigenvalue weighted by atomic mass is 16.5. The van der Waals surface area contributed by atoms with E-state index in [1.165, 1.54) is 0 Å². The molecule has 2 heterocycles. The third-order valence-corrected chi connectivity index (χ3v) is 2.79. The van der Waals surface area contributed by atoms with Crippen LogP contribution in [0.15, 0.2) is 18.3 Å². The molecular formula is C13H18N4O2. The number of ether oxygens (including phenoxy) is 1. The van der Waals surface area contributed by atoms with Crippen LogP contribution in [-0.2, 0) is 9.53 Å². The van der Waals surface area contributed by atoms with Crippen LogP contribution in [0.1, 0.15) is 38.9 Å². The van der Waals surface area contributed by atoms with Crippen LogP contribution in [0, 0.1) is 5.92 Å². The lowest BCUT2D eigenvalue weighted by molar-refractivity contribution is -0.145. The summed E-state index contributed by atoms with van der Waals surface area (Å²) in [6.45, 7) is 6.27. The molecule has 0 saturated heterocycles. The summed E-state index contributed by atoms with van der Waals surface area (Å²) in [5.41, 5.74) is 0.635. The standard InChI is InChI=1S/C13H18N4O2/c1-4-19-13(18)10(8-9(2)3)12-16-15-11-6-5-7-14-17(11)12/h5-7,9-10H,4,8H2,1-3H3. The fourth-order valence-electron chi connectivity index (χ4n) is 2.00. The van der Waals surface area contributed by atoms with Crippen molar-refractivity contribution in [2.75, 3.05) is 6.61 Å². The molecule has 0 aliphatic rings. The van der Waals surface area contributed by atoms with Gasteiger partial charge in [-0.15, -0.1) is 10.2 Å². The monoisotopic (exact) mass is 262 g/mol. The molecule has 2 aromatic rings. The SMILES string of the molecule is CCOC(=O)C(CC(C)C)c1nnc2cccnn12. The van der Waals surface area contributed by atoms with Crippen LogP contribution < -0.4 is 0 Å². The third-order valence-electron chi connectivity index (χ3n) is 2.79. The molecule has 0 aliphatic heterocycles. The van der Waals surface area contributed by atoms with Crippen molar-refractivity contribution in [1.29, 1.82) is 0 Å². The zero-order valence-electron chi connectivity index (χ0n) is 11.4. The average molecular weight is 262 g/mol. The predicted octanol–water partition coefficient (Wildman–Crippen LogP) is 1.82.